The molecule has 3 amide bonds. The minimum absolute atomic E-state index is 0.151. The highest BCUT2D eigenvalue weighted by atomic mass is 16.7. The third kappa shape index (κ3) is 1.70. The van der Waals surface area contributed by atoms with Crippen LogP contribution in [0.4, 0.5) is 4.79 Å². The van der Waals surface area contributed by atoms with E-state index in [1.807, 2.05) is 5.32 Å². The summed E-state index contributed by atoms with van der Waals surface area (Å²) in [6.07, 6.45) is -0.151. The molecule has 1 atom stereocenters. The van der Waals surface area contributed by atoms with E-state index in [1.54, 1.807) is 0 Å². The third-order valence-electron chi connectivity index (χ3n) is 1.35. The van der Waals surface area contributed by atoms with Crippen molar-refractivity contribution in [1.82, 2.24) is 10.6 Å². The maximum absolute atomic E-state index is 10.7. The Labute approximate surface area is 67.2 Å². The van der Waals surface area contributed by atoms with Gasteiger partial charge in [-0.25, -0.2) is 9.59 Å². The normalized spacial score (nSPS) is 22.6. The highest BCUT2D eigenvalue weighted by molar-refractivity contribution is 6.01. The molecular formula is C5H7N3O4. The van der Waals surface area contributed by atoms with E-state index >= 15 is 0 Å². The second-order valence-electron chi connectivity index (χ2n) is 2.22. The zero-order valence-corrected chi connectivity index (χ0v) is 5.99. The van der Waals surface area contributed by atoms with Gasteiger partial charge >= 0.3 is 12.0 Å². The number of amides is 3. The number of rotatable bonds is 1. The predicted octanol–water partition coefficient (Wildman–Crippen LogP) is -2.00. The van der Waals surface area contributed by atoms with Crippen molar-refractivity contribution in [2.75, 3.05) is 0 Å². The van der Waals surface area contributed by atoms with Crippen LogP contribution in [0.5, 0.6) is 0 Å². The SMILES string of the molecule is NOC(=O)C1CC(=O)NC(=O)N1. The largest absolute Gasteiger partial charge is 0.372 e. The molecule has 0 aromatic rings. The molecule has 0 radical (unpaired) electrons. The molecule has 12 heavy (non-hydrogen) atoms. The van der Waals surface area contributed by atoms with Crippen LogP contribution in [0.3, 0.4) is 0 Å². The molecule has 0 saturated carbocycles. The molecule has 1 saturated heterocycles. The van der Waals surface area contributed by atoms with E-state index in [2.05, 4.69) is 16.1 Å². The van der Waals surface area contributed by atoms with Crippen molar-refractivity contribution in [3.8, 4) is 0 Å². The molecule has 0 bridgehead atoms. The fourth-order valence-electron chi connectivity index (χ4n) is 0.833. The number of carbonyl (C=O) groups is 3. The summed E-state index contributed by atoms with van der Waals surface area (Å²) in [5.74, 6) is 3.19. The van der Waals surface area contributed by atoms with Gasteiger partial charge in [-0.1, -0.05) is 0 Å². The van der Waals surface area contributed by atoms with Crippen LogP contribution in [-0.4, -0.2) is 23.9 Å². The first kappa shape index (κ1) is 8.47. The molecule has 66 valence electrons. The zero-order chi connectivity index (χ0) is 9.14. The molecule has 7 nitrogen and oxygen atoms in total. The Morgan fingerprint density at radius 2 is 2.25 bits per heavy atom. The number of imide groups is 1. The quantitative estimate of drug-likeness (QED) is 0.397. The number of nitrogens with one attached hydrogen (secondary N) is 2. The van der Waals surface area contributed by atoms with Crippen LogP contribution in [-0.2, 0) is 14.4 Å². The molecule has 1 fully saturated rings. The van der Waals surface area contributed by atoms with Gasteiger partial charge in [0, 0.05) is 0 Å². The van der Waals surface area contributed by atoms with Crippen molar-refractivity contribution in [2.24, 2.45) is 5.90 Å². The number of urea groups is 1. The van der Waals surface area contributed by atoms with Gasteiger partial charge in [0.1, 0.15) is 6.04 Å². The lowest BCUT2D eigenvalue weighted by Gasteiger charge is -2.19. The zero-order valence-electron chi connectivity index (χ0n) is 5.99. The van der Waals surface area contributed by atoms with Crippen LogP contribution in [0.1, 0.15) is 6.42 Å². The Morgan fingerprint density at radius 1 is 1.58 bits per heavy atom. The fourth-order valence-corrected chi connectivity index (χ4v) is 0.833. The van der Waals surface area contributed by atoms with Gasteiger partial charge in [-0.15, -0.1) is 0 Å². The lowest BCUT2D eigenvalue weighted by atomic mass is 10.2. The molecule has 0 aromatic carbocycles. The highest BCUT2D eigenvalue weighted by Gasteiger charge is 2.30. The molecule has 1 aliphatic heterocycles. The van der Waals surface area contributed by atoms with Crippen LogP contribution in [0.15, 0.2) is 0 Å². The summed E-state index contributed by atoms with van der Waals surface area (Å²) >= 11 is 0. The standard InChI is InChI=1S/C5H7N3O4/c6-12-4(10)2-1-3(9)8-5(11)7-2/h2H,1,6H2,(H2,7,8,9,11). The Balaban J connectivity index is 2.61. The summed E-state index contributed by atoms with van der Waals surface area (Å²) < 4.78 is 0. The third-order valence-corrected chi connectivity index (χ3v) is 1.35. The Bertz CT molecular complexity index is 223. The number of nitrogens with two attached hydrogens (primary N) is 1. The van der Waals surface area contributed by atoms with Gasteiger partial charge < -0.3 is 10.2 Å². The molecule has 0 spiro atoms. The summed E-state index contributed by atoms with van der Waals surface area (Å²) in [6.45, 7) is 0. The van der Waals surface area contributed by atoms with E-state index in [0.29, 0.717) is 0 Å². The van der Waals surface area contributed by atoms with Crippen LogP contribution in [0, 0.1) is 0 Å². The molecule has 7 heteroatoms. The van der Waals surface area contributed by atoms with E-state index in [9.17, 15) is 14.4 Å². The number of hydrogen-bond donors (Lipinski definition) is 3. The van der Waals surface area contributed by atoms with E-state index in [0.717, 1.165) is 0 Å². The van der Waals surface area contributed by atoms with Gasteiger partial charge in [0.15, 0.2) is 0 Å². The number of hydrogen-bond acceptors (Lipinski definition) is 5. The lowest BCUT2D eigenvalue weighted by molar-refractivity contribution is -0.148. The minimum Gasteiger partial charge on any atom is -0.372 e. The van der Waals surface area contributed by atoms with Crippen molar-refractivity contribution in [3.63, 3.8) is 0 Å². The van der Waals surface area contributed by atoms with Gasteiger partial charge in [0.25, 0.3) is 0 Å². The van der Waals surface area contributed by atoms with E-state index in [1.165, 1.54) is 0 Å². The topological polar surface area (TPSA) is 111 Å². The molecule has 1 rings (SSSR count). The van der Waals surface area contributed by atoms with Crippen LogP contribution < -0.4 is 16.5 Å². The Hall–Kier alpha value is -1.63. The first-order valence-corrected chi connectivity index (χ1v) is 3.14. The van der Waals surface area contributed by atoms with Gasteiger partial charge in [-0.05, 0) is 0 Å². The monoisotopic (exact) mass is 173 g/mol. The van der Waals surface area contributed by atoms with Crippen molar-refractivity contribution in [3.05, 3.63) is 0 Å². The van der Waals surface area contributed by atoms with E-state index in [4.69, 9.17) is 0 Å². The summed E-state index contributed by atoms with van der Waals surface area (Å²) in [6, 6.07) is -1.70. The Morgan fingerprint density at radius 3 is 2.75 bits per heavy atom. The van der Waals surface area contributed by atoms with Crippen molar-refractivity contribution >= 4 is 17.9 Å². The molecule has 1 unspecified atom stereocenters. The maximum Gasteiger partial charge on any atom is 0.347 e. The number of carbonyl (C=O) groups excluding carboxylic acids is 3. The minimum atomic E-state index is -0.976. The predicted molar refractivity (Wildman–Crippen MR) is 35.4 cm³/mol. The Kier molecular flexibility index (Phi) is 2.24. The van der Waals surface area contributed by atoms with Gasteiger partial charge in [0.2, 0.25) is 5.91 Å². The summed E-state index contributed by atoms with van der Waals surface area (Å²) in [5, 5.41) is 4.12. The molecule has 0 aliphatic carbocycles. The van der Waals surface area contributed by atoms with Crippen LogP contribution >= 0.6 is 0 Å². The molecular weight excluding hydrogens is 166 g/mol. The van der Waals surface area contributed by atoms with Crippen LogP contribution in [0.25, 0.3) is 0 Å². The average Bonchev–Trinajstić information content (AvgIpc) is 2.01. The maximum atomic E-state index is 10.7. The molecule has 0 aromatic heterocycles. The first-order valence-electron chi connectivity index (χ1n) is 3.14. The molecule has 4 N–H and O–H groups in total. The summed E-state index contributed by atoms with van der Waals surface area (Å²) in [4.78, 5) is 35.9. The summed E-state index contributed by atoms with van der Waals surface area (Å²) in [5.41, 5.74) is 0. The average molecular weight is 173 g/mol. The van der Waals surface area contributed by atoms with E-state index in [-0.39, 0.29) is 6.42 Å². The molecule has 1 heterocycles. The molecule has 1 aliphatic rings. The van der Waals surface area contributed by atoms with E-state index < -0.39 is 23.9 Å². The second-order valence-corrected chi connectivity index (χ2v) is 2.22. The first-order chi connectivity index (χ1) is 5.63. The van der Waals surface area contributed by atoms with Crippen molar-refractivity contribution in [1.29, 1.82) is 0 Å². The highest BCUT2D eigenvalue weighted by Crippen LogP contribution is 1.98. The van der Waals surface area contributed by atoms with Gasteiger partial charge in [-0.3, -0.25) is 10.1 Å². The van der Waals surface area contributed by atoms with Crippen molar-refractivity contribution < 1.29 is 19.2 Å². The van der Waals surface area contributed by atoms with Gasteiger partial charge in [0.05, 0.1) is 6.42 Å². The van der Waals surface area contributed by atoms with Gasteiger partial charge in [-0.2, -0.15) is 5.90 Å². The smallest absolute Gasteiger partial charge is 0.347 e. The van der Waals surface area contributed by atoms with Crippen LogP contribution in [0.2, 0.25) is 0 Å². The lowest BCUT2D eigenvalue weighted by Crippen LogP contribution is -2.55. The van der Waals surface area contributed by atoms with Crippen molar-refractivity contribution in [2.45, 2.75) is 12.5 Å². The summed E-state index contributed by atoms with van der Waals surface area (Å²) in [7, 11) is 0. The fraction of sp³-hybridized carbons (Fsp3) is 0.400. The second kappa shape index (κ2) is 3.18.